The largest absolute Gasteiger partial charge is 0.0711 e. The highest BCUT2D eigenvalue weighted by Gasteiger charge is 2.61. The molecule has 2 heteroatoms. The van der Waals surface area contributed by atoms with E-state index in [0.29, 0.717) is 0 Å². The van der Waals surface area contributed by atoms with E-state index in [1.165, 1.54) is 12.8 Å². The molecule has 0 amide bonds. The van der Waals surface area contributed by atoms with Crippen LogP contribution in [0.3, 0.4) is 0 Å². The minimum atomic E-state index is -1.25. The maximum Gasteiger partial charge on any atom is 0.0451 e. The molecule has 9 atom stereocenters. The standard InChI is InChI=1S/C29H54Si2/c1-20-15-16-24(17-20)30(3,4)31(5,6)29-21(2)18-26-27(29)19-23-13-10-14-25(23)28(26)22-11-8-7-9-12-22/h20-29H,7-19H2,1-6H3. The summed E-state index contributed by atoms with van der Waals surface area (Å²) in [5.74, 6) is 8.83. The predicted octanol–water partition coefficient (Wildman–Crippen LogP) is 9.33. The smallest absolute Gasteiger partial charge is 0.0451 e. The molecule has 5 aliphatic rings. The van der Waals surface area contributed by atoms with Crippen LogP contribution in [0.15, 0.2) is 0 Å². The summed E-state index contributed by atoms with van der Waals surface area (Å²) in [6, 6.07) is 0. The lowest BCUT2D eigenvalue weighted by Gasteiger charge is -2.53. The van der Waals surface area contributed by atoms with E-state index in [1.54, 1.807) is 70.6 Å². The Morgan fingerprint density at radius 1 is 0.548 bits per heavy atom. The highest BCUT2D eigenvalue weighted by atomic mass is 29.3. The van der Waals surface area contributed by atoms with Crippen LogP contribution in [0.4, 0.5) is 0 Å². The van der Waals surface area contributed by atoms with Crippen molar-refractivity contribution >= 4 is 15.2 Å². The van der Waals surface area contributed by atoms with Gasteiger partial charge in [0.1, 0.15) is 0 Å². The summed E-state index contributed by atoms with van der Waals surface area (Å²) in [5.41, 5.74) is 2.30. The second-order valence-electron chi connectivity index (χ2n) is 14.7. The molecule has 0 spiro atoms. The number of fused-ring (bicyclic) bond motifs is 2. The molecule has 5 aliphatic carbocycles. The molecule has 31 heavy (non-hydrogen) atoms. The van der Waals surface area contributed by atoms with Crippen LogP contribution < -0.4 is 0 Å². The lowest BCUT2D eigenvalue weighted by molar-refractivity contribution is 0.0160. The Labute approximate surface area is 196 Å². The Kier molecular flexibility index (Phi) is 6.42. The van der Waals surface area contributed by atoms with Gasteiger partial charge in [-0.25, -0.2) is 0 Å². The van der Waals surface area contributed by atoms with Gasteiger partial charge in [-0.05, 0) is 77.7 Å². The molecule has 0 aromatic carbocycles. The van der Waals surface area contributed by atoms with Crippen molar-refractivity contribution in [2.75, 3.05) is 0 Å². The molecule has 0 aromatic rings. The van der Waals surface area contributed by atoms with E-state index in [4.69, 9.17) is 0 Å². The molecule has 0 radical (unpaired) electrons. The number of hydrogen-bond donors (Lipinski definition) is 0. The molecule has 0 aliphatic heterocycles. The Balaban J connectivity index is 1.44. The van der Waals surface area contributed by atoms with Gasteiger partial charge in [0.15, 0.2) is 0 Å². The Morgan fingerprint density at radius 3 is 1.94 bits per heavy atom. The summed E-state index contributed by atoms with van der Waals surface area (Å²) in [6.07, 6.45) is 20.6. The summed E-state index contributed by atoms with van der Waals surface area (Å²) in [4.78, 5) is 0. The normalized spacial score (nSPS) is 46.8. The van der Waals surface area contributed by atoms with Crippen molar-refractivity contribution in [2.24, 2.45) is 47.3 Å². The molecule has 5 fully saturated rings. The van der Waals surface area contributed by atoms with Crippen molar-refractivity contribution in [3.8, 4) is 0 Å². The number of hydrogen-bond acceptors (Lipinski definition) is 0. The predicted molar refractivity (Wildman–Crippen MR) is 142 cm³/mol. The first-order chi connectivity index (χ1) is 14.7. The van der Waals surface area contributed by atoms with E-state index in [-0.39, 0.29) is 0 Å². The topological polar surface area (TPSA) is 0 Å². The van der Waals surface area contributed by atoms with Crippen LogP contribution in [0.2, 0.25) is 37.3 Å². The molecule has 178 valence electrons. The second-order valence-corrected chi connectivity index (χ2v) is 30.8. The van der Waals surface area contributed by atoms with Crippen molar-refractivity contribution in [3.05, 3.63) is 0 Å². The van der Waals surface area contributed by atoms with Crippen LogP contribution in [-0.4, -0.2) is 15.2 Å². The fourth-order valence-corrected chi connectivity index (χ4v) is 25.8. The van der Waals surface area contributed by atoms with Crippen molar-refractivity contribution in [3.63, 3.8) is 0 Å². The third-order valence-corrected chi connectivity index (χ3v) is 33.7. The maximum atomic E-state index is 2.93. The first-order valence-electron chi connectivity index (χ1n) is 14.7. The lowest BCUT2D eigenvalue weighted by atomic mass is 9.58. The van der Waals surface area contributed by atoms with Crippen LogP contribution in [0.25, 0.3) is 0 Å². The monoisotopic (exact) mass is 458 g/mol. The molecule has 5 saturated carbocycles. The highest BCUT2D eigenvalue weighted by molar-refractivity contribution is 7.41. The van der Waals surface area contributed by atoms with Gasteiger partial charge in [0.25, 0.3) is 0 Å². The van der Waals surface area contributed by atoms with Crippen LogP contribution in [0.1, 0.15) is 97.3 Å². The average Bonchev–Trinajstić information content (AvgIpc) is 3.44. The van der Waals surface area contributed by atoms with Gasteiger partial charge in [-0.3, -0.25) is 0 Å². The van der Waals surface area contributed by atoms with Crippen molar-refractivity contribution in [1.82, 2.24) is 0 Å². The van der Waals surface area contributed by atoms with Crippen molar-refractivity contribution in [1.29, 1.82) is 0 Å². The van der Waals surface area contributed by atoms with Gasteiger partial charge < -0.3 is 0 Å². The van der Waals surface area contributed by atoms with E-state index >= 15 is 0 Å². The molecule has 5 rings (SSSR count). The number of rotatable bonds is 4. The summed E-state index contributed by atoms with van der Waals surface area (Å²) in [6.45, 7) is 16.9. The molecule has 0 N–H and O–H groups in total. The van der Waals surface area contributed by atoms with E-state index in [9.17, 15) is 0 Å². The highest BCUT2D eigenvalue weighted by Crippen LogP contribution is 2.66. The zero-order valence-electron chi connectivity index (χ0n) is 22.0. The van der Waals surface area contributed by atoms with Gasteiger partial charge >= 0.3 is 0 Å². The van der Waals surface area contributed by atoms with E-state index in [1.807, 2.05) is 0 Å². The SMILES string of the molecule is CC1CCC([Si](C)(C)[Si](C)(C)C2C(C)CC3C2CC2CCCC2C3C2CCCCC2)C1. The Bertz CT molecular complexity index is 633. The van der Waals surface area contributed by atoms with Crippen LogP contribution in [0, 0.1) is 47.3 Å². The minimum absolute atomic E-state index is 1.01. The molecule has 0 aromatic heterocycles. The van der Waals surface area contributed by atoms with Gasteiger partial charge in [0.2, 0.25) is 0 Å². The van der Waals surface area contributed by atoms with Crippen LogP contribution in [-0.2, 0) is 0 Å². The van der Waals surface area contributed by atoms with Crippen molar-refractivity contribution in [2.45, 2.75) is 135 Å². The van der Waals surface area contributed by atoms with E-state index in [2.05, 4.69) is 40.0 Å². The van der Waals surface area contributed by atoms with Gasteiger partial charge in [0.05, 0.1) is 0 Å². The van der Waals surface area contributed by atoms with Gasteiger partial charge in [-0.15, -0.1) is 0 Å². The van der Waals surface area contributed by atoms with Crippen molar-refractivity contribution < 1.29 is 0 Å². The van der Waals surface area contributed by atoms with Crippen LogP contribution in [0.5, 0.6) is 0 Å². The molecule has 0 saturated heterocycles. The summed E-state index contributed by atoms with van der Waals surface area (Å²) in [5, 5.41) is 0. The van der Waals surface area contributed by atoms with Gasteiger partial charge in [0, 0.05) is 15.2 Å². The van der Waals surface area contributed by atoms with E-state index in [0.717, 1.165) is 58.4 Å². The second kappa shape index (κ2) is 8.58. The lowest BCUT2D eigenvalue weighted by Crippen LogP contribution is -2.62. The summed E-state index contributed by atoms with van der Waals surface area (Å²) < 4.78 is 0. The molecular formula is C29H54Si2. The fraction of sp³-hybridized carbons (Fsp3) is 1.00. The average molecular weight is 459 g/mol. The zero-order chi connectivity index (χ0) is 22.0. The molecular weight excluding hydrogens is 404 g/mol. The fourth-order valence-electron chi connectivity index (χ4n) is 11.0. The first-order valence-corrected chi connectivity index (χ1v) is 21.9. The Morgan fingerprint density at radius 2 is 1.26 bits per heavy atom. The minimum Gasteiger partial charge on any atom is -0.0711 e. The third-order valence-electron chi connectivity index (χ3n) is 13.0. The molecule has 0 heterocycles. The maximum absolute atomic E-state index is 2.93. The Hall–Kier alpha value is 0.434. The molecule has 9 unspecified atom stereocenters. The molecule has 0 nitrogen and oxygen atoms in total. The van der Waals surface area contributed by atoms with Gasteiger partial charge in [-0.1, -0.05) is 104 Å². The van der Waals surface area contributed by atoms with Gasteiger partial charge in [-0.2, -0.15) is 0 Å². The summed E-state index contributed by atoms with van der Waals surface area (Å²) in [7, 11) is -2.43. The third kappa shape index (κ3) is 3.80. The van der Waals surface area contributed by atoms with Crippen LogP contribution >= 0.6 is 0 Å². The molecule has 0 bridgehead atoms. The quantitative estimate of drug-likeness (QED) is 0.368. The van der Waals surface area contributed by atoms with E-state index < -0.39 is 15.2 Å². The first kappa shape index (κ1) is 23.2. The zero-order valence-corrected chi connectivity index (χ0v) is 24.0. The summed E-state index contributed by atoms with van der Waals surface area (Å²) >= 11 is 0.